The van der Waals surface area contributed by atoms with E-state index >= 15 is 0 Å². The smallest absolute Gasteiger partial charge is 0.254 e. The third kappa shape index (κ3) is 4.25. The van der Waals surface area contributed by atoms with E-state index in [1.165, 1.54) is 32.1 Å². The summed E-state index contributed by atoms with van der Waals surface area (Å²) in [5.41, 5.74) is 2.90. The van der Waals surface area contributed by atoms with E-state index in [-0.39, 0.29) is 23.3 Å². The van der Waals surface area contributed by atoms with Crippen molar-refractivity contribution in [2.75, 3.05) is 19.6 Å². The van der Waals surface area contributed by atoms with Crippen LogP contribution in [0.25, 0.3) is 0 Å². The zero-order valence-electron chi connectivity index (χ0n) is 19.1. The van der Waals surface area contributed by atoms with Gasteiger partial charge in [-0.3, -0.25) is 14.5 Å². The van der Waals surface area contributed by atoms with Crippen LogP contribution in [0.1, 0.15) is 79.9 Å². The number of likely N-dealkylation sites (tertiary alicyclic amines) is 1. The van der Waals surface area contributed by atoms with Crippen molar-refractivity contribution >= 4 is 5.91 Å². The average molecular weight is 435 g/mol. The maximum Gasteiger partial charge on any atom is 0.254 e. The van der Waals surface area contributed by atoms with E-state index in [1.807, 2.05) is 42.2 Å². The molecule has 1 aromatic carbocycles. The van der Waals surface area contributed by atoms with Crippen LogP contribution in [0.3, 0.4) is 0 Å². The van der Waals surface area contributed by atoms with Crippen molar-refractivity contribution in [1.82, 2.24) is 19.8 Å². The van der Waals surface area contributed by atoms with Crippen molar-refractivity contribution in [3.05, 3.63) is 63.3 Å². The Balaban J connectivity index is 1.29. The van der Waals surface area contributed by atoms with Gasteiger partial charge in [0.15, 0.2) is 0 Å². The van der Waals surface area contributed by atoms with Crippen molar-refractivity contribution in [2.45, 2.75) is 76.3 Å². The van der Waals surface area contributed by atoms with E-state index in [0.717, 1.165) is 55.1 Å². The Morgan fingerprint density at radius 2 is 1.88 bits per heavy atom. The van der Waals surface area contributed by atoms with Crippen molar-refractivity contribution in [3.63, 3.8) is 0 Å². The van der Waals surface area contributed by atoms with Crippen LogP contribution in [0.4, 0.5) is 0 Å². The molecule has 1 N–H and O–H groups in total. The lowest BCUT2D eigenvalue weighted by molar-refractivity contribution is -0.131. The molecule has 1 amide bonds. The van der Waals surface area contributed by atoms with E-state index in [2.05, 4.69) is 9.88 Å². The number of aromatic nitrogens is 2. The highest BCUT2D eigenvalue weighted by atomic mass is 16.2. The number of benzene rings is 1. The minimum atomic E-state index is -0.158. The molecule has 0 radical (unpaired) electrons. The molecule has 0 unspecified atom stereocenters. The van der Waals surface area contributed by atoms with E-state index in [4.69, 9.17) is 4.98 Å². The van der Waals surface area contributed by atoms with Gasteiger partial charge in [0, 0.05) is 43.7 Å². The lowest BCUT2D eigenvalue weighted by Crippen LogP contribution is -2.42. The summed E-state index contributed by atoms with van der Waals surface area (Å²) in [6.45, 7) is 5.08. The molecule has 3 heterocycles. The van der Waals surface area contributed by atoms with Crippen LogP contribution in [-0.4, -0.2) is 51.4 Å². The summed E-state index contributed by atoms with van der Waals surface area (Å²) in [5.74, 6) is 0.865. The molecule has 2 aromatic rings. The maximum absolute atomic E-state index is 13.1. The lowest BCUT2D eigenvalue weighted by atomic mass is 9.92. The second-order valence-corrected chi connectivity index (χ2v) is 9.79. The van der Waals surface area contributed by atoms with Crippen molar-refractivity contribution in [2.24, 2.45) is 0 Å². The number of carbonyl (C=O) groups excluding carboxylic acids is 1. The molecular formula is C26H34N4O2. The Kier molecular flexibility index (Phi) is 6.13. The number of H-pyrrole nitrogens is 1. The van der Waals surface area contributed by atoms with E-state index in [0.29, 0.717) is 12.6 Å². The second kappa shape index (κ2) is 9.18. The Morgan fingerprint density at radius 1 is 1.09 bits per heavy atom. The van der Waals surface area contributed by atoms with Gasteiger partial charge in [0.1, 0.15) is 5.82 Å². The van der Waals surface area contributed by atoms with E-state index in [9.17, 15) is 9.59 Å². The molecule has 6 nitrogen and oxygen atoms in total. The first-order valence-electron chi connectivity index (χ1n) is 12.3. The number of rotatable bonds is 4. The van der Waals surface area contributed by atoms with Crippen LogP contribution < -0.4 is 5.56 Å². The molecule has 5 rings (SSSR count). The Labute approximate surface area is 190 Å². The van der Waals surface area contributed by atoms with Crippen LogP contribution in [-0.2, 0) is 17.8 Å². The van der Waals surface area contributed by atoms with Crippen molar-refractivity contribution < 1.29 is 4.79 Å². The fraction of sp³-hybridized carbons (Fsp3) is 0.577. The minimum absolute atomic E-state index is 0.0238. The van der Waals surface area contributed by atoms with Gasteiger partial charge in [-0.1, -0.05) is 49.6 Å². The standard InChI is InChI=1S/C26H34N4O2/c1-18(19-8-4-2-5-9-19)26(32)30-14-12-20(16-30)24-27-23-17-29(21-10-6-3-7-11-21)15-13-22(23)25(31)28-24/h2,4-5,8-9,18,20-21H,3,6-7,10-17H2,1H3,(H,27,28,31)/t18-,20-/m0/s1. The van der Waals surface area contributed by atoms with E-state index < -0.39 is 0 Å². The summed E-state index contributed by atoms with van der Waals surface area (Å²) in [7, 11) is 0. The molecule has 6 heteroatoms. The van der Waals surface area contributed by atoms with Gasteiger partial charge in [0.05, 0.1) is 11.6 Å². The van der Waals surface area contributed by atoms with Gasteiger partial charge in [-0.15, -0.1) is 0 Å². The number of nitrogens with one attached hydrogen (secondary N) is 1. The van der Waals surface area contributed by atoms with E-state index in [1.54, 1.807) is 0 Å². The molecule has 170 valence electrons. The summed E-state index contributed by atoms with van der Waals surface area (Å²) in [6.07, 6.45) is 8.16. The SMILES string of the molecule is C[C@H](C(=O)N1CC[C@H](c2nc3c(c(=O)[nH]2)CCN(C2CCCCC2)C3)C1)c1ccccc1. The van der Waals surface area contributed by atoms with Crippen LogP contribution in [0.2, 0.25) is 0 Å². The van der Waals surface area contributed by atoms with Gasteiger partial charge in [-0.25, -0.2) is 4.98 Å². The maximum atomic E-state index is 13.1. The summed E-state index contributed by atoms with van der Waals surface area (Å²) >= 11 is 0. The van der Waals surface area contributed by atoms with Gasteiger partial charge in [0.2, 0.25) is 5.91 Å². The quantitative estimate of drug-likeness (QED) is 0.799. The van der Waals surface area contributed by atoms with Crippen LogP contribution in [0.5, 0.6) is 0 Å². The fourth-order valence-electron chi connectivity index (χ4n) is 5.77. The van der Waals surface area contributed by atoms with Gasteiger partial charge >= 0.3 is 0 Å². The van der Waals surface area contributed by atoms with Gasteiger partial charge in [-0.05, 0) is 38.2 Å². The Morgan fingerprint density at radius 3 is 2.66 bits per heavy atom. The summed E-state index contributed by atoms with van der Waals surface area (Å²) in [4.78, 5) is 38.4. The molecule has 2 atom stereocenters. The van der Waals surface area contributed by atoms with Crippen molar-refractivity contribution in [1.29, 1.82) is 0 Å². The van der Waals surface area contributed by atoms with Crippen molar-refractivity contribution in [3.8, 4) is 0 Å². The molecule has 1 aromatic heterocycles. The number of amides is 1. The topological polar surface area (TPSA) is 69.3 Å². The first-order valence-corrected chi connectivity index (χ1v) is 12.3. The Bertz CT molecular complexity index is 1010. The number of hydrogen-bond acceptors (Lipinski definition) is 4. The summed E-state index contributed by atoms with van der Waals surface area (Å²) < 4.78 is 0. The Hall–Kier alpha value is -2.47. The highest BCUT2D eigenvalue weighted by Crippen LogP contribution is 2.30. The summed E-state index contributed by atoms with van der Waals surface area (Å²) in [5, 5.41) is 0. The number of aromatic amines is 1. The van der Waals surface area contributed by atoms with Gasteiger partial charge < -0.3 is 9.88 Å². The molecule has 1 aliphatic carbocycles. The molecule has 0 bridgehead atoms. The fourth-order valence-corrected chi connectivity index (χ4v) is 5.77. The second-order valence-electron chi connectivity index (χ2n) is 9.79. The van der Waals surface area contributed by atoms with Crippen LogP contribution >= 0.6 is 0 Å². The zero-order valence-corrected chi connectivity index (χ0v) is 19.1. The molecule has 32 heavy (non-hydrogen) atoms. The molecule has 1 saturated heterocycles. The predicted octanol–water partition coefficient (Wildman–Crippen LogP) is 3.58. The third-order valence-electron chi connectivity index (χ3n) is 7.77. The minimum Gasteiger partial charge on any atom is -0.341 e. The van der Waals surface area contributed by atoms with Gasteiger partial charge in [-0.2, -0.15) is 0 Å². The highest BCUT2D eigenvalue weighted by molar-refractivity contribution is 5.83. The third-order valence-corrected chi connectivity index (χ3v) is 7.77. The largest absolute Gasteiger partial charge is 0.341 e. The normalized spacial score (nSPS) is 23.2. The molecule has 0 spiro atoms. The lowest BCUT2D eigenvalue weighted by Gasteiger charge is -2.37. The summed E-state index contributed by atoms with van der Waals surface area (Å²) in [6, 6.07) is 10.6. The predicted molar refractivity (Wildman–Crippen MR) is 125 cm³/mol. The molecular weight excluding hydrogens is 400 g/mol. The number of carbonyl (C=O) groups is 1. The zero-order chi connectivity index (χ0) is 22.1. The first kappa shape index (κ1) is 21.4. The molecule has 2 aliphatic heterocycles. The molecule has 2 fully saturated rings. The van der Waals surface area contributed by atoms with Gasteiger partial charge in [0.25, 0.3) is 5.56 Å². The highest BCUT2D eigenvalue weighted by Gasteiger charge is 2.33. The number of hydrogen-bond donors (Lipinski definition) is 1. The molecule has 1 saturated carbocycles. The number of fused-ring (bicyclic) bond motifs is 1. The van der Waals surface area contributed by atoms with Crippen LogP contribution in [0, 0.1) is 0 Å². The molecule has 3 aliphatic rings. The number of nitrogens with zero attached hydrogens (tertiary/aromatic N) is 3. The van der Waals surface area contributed by atoms with Crippen LogP contribution in [0.15, 0.2) is 35.1 Å². The average Bonchev–Trinajstić information content (AvgIpc) is 3.34. The monoisotopic (exact) mass is 434 g/mol. The first-order chi connectivity index (χ1) is 15.6.